The number of benzene rings is 2. The van der Waals surface area contributed by atoms with Crippen LogP contribution >= 0.6 is 11.3 Å². The lowest BCUT2D eigenvalue weighted by molar-refractivity contribution is -0.123. The summed E-state index contributed by atoms with van der Waals surface area (Å²) in [5.41, 5.74) is 3.08. The topological polar surface area (TPSA) is 60.5 Å². The molecule has 0 radical (unpaired) electrons. The zero-order valence-electron chi connectivity index (χ0n) is 14.7. The summed E-state index contributed by atoms with van der Waals surface area (Å²) >= 11 is 1.63. The highest BCUT2D eigenvalue weighted by molar-refractivity contribution is 7.09. The molecule has 0 saturated carbocycles. The number of nitrogens with zero attached hydrogens (tertiary/aromatic N) is 1. The molecular weight excluding hydrogens is 348 g/mol. The fourth-order valence-electron chi connectivity index (χ4n) is 2.36. The molecule has 0 spiro atoms. The largest absolute Gasteiger partial charge is 0.497 e. The van der Waals surface area contributed by atoms with E-state index in [1.807, 2.05) is 36.6 Å². The van der Waals surface area contributed by atoms with E-state index in [-0.39, 0.29) is 12.5 Å². The average Bonchev–Trinajstić information content (AvgIpc) is 3.12. The lowest BCUT2D eigenvalue weighted by Crippen LogP contribution is -2.28. The van der Waals surface area contributed by atoms with Crippen molar-refractivity contribution in [3.05, 3.63) is 64.5 Å². The van der Waals surface area contributed by atoms with Crippen molar-refractivity contribution in [1.82, 2.24) is 10.3 Å². The van der Waals surface area contributed by atoms with Gasteiger partial charge in [0.25, 0.3) is 5.91 Å². The molecular formula is C20H20N2O3S. The number of ether oxygens (including phenoxy) is 2. The molecule has 1 amide bonds. The van der Waals surface area contributed by atoms with Crippen molar-refractivity contribution >= 4 is 17.2 Å². The van der Waals surface area contributed by atoms with Gasteiger partial charge in [-0.2, -0.15) is 0 Å². The van der Waals surface area contributed by atoms with E-state index in [1.165, 1.54) is 0 Å². The number of hydrogen-bond acceptors (Lipinski definition) is 5. The Balaban J connectivity index is 1.46. The van der Waals surface area contributed by atoms with Gasteiger partial charge in [-0.3, -0.25) is 4.79 Å². The maximum absolute atomic E-state index is 11.9. The average molecular weight is 368 g/mol. The molecule has 6 heteroatoms. The molecule has 0 fully saturated rings. The van der Waals surface area contributed by atoms with Crippen molar-refractivity contribution < 1.29 is 14.3 Å². The Hall–Kier alpha value is -2.86. The summed E-state index contributed by atoms with van der Waals surface area (Å²) in [6.07, 6.45) is 0. The molecule has 26 heavy (non-hydrogen) atoms. The number of carbonyl (C=O) groups excluding carboxylic acids is 1. The van der Waals surface area contributed by atoms with E-state index in [1.54, 1.807) is 42.7 Å². The molecule has 3 rings (SSSR count). The van der Waals surface area contributed by atoms with Gasteiger partial charge in [-0.15, -0.1) is 11.3 Å². The van der Waals surface area contributed by atoms with Gasteiger partial charge in [0.2, 0.25) is 0 Å². The number of nitrogens with one attached hydrogen (secondary N) is 1. The lowest BCUT2D eigenvalue weighted by Gasteiger charge is -2.08. The van der Waals surface area contributed by atoms with Crippen molar-refractivity contribution in [2.75, 3.05) is 13.7 Å². The summed E-state index contributed by atoms with van der Waals surface area (Å²) in [5.74, 6) is 1.21. The van der Waals surface area contributed by atoms with Gasteiger partial charge >= 0.3 is 0 Å². The zero-order chi connectivity index (χ0) is 18.4. The summed E-state index contributed by atoms with van der Waals surface area (Å²) in [5, 5.41) is 5.95. The van der Waals surface area contributed by atoms with Gasteiger partial charge in [-0.25, -0.2) is 4.98 Å². The normalized spacial score (nSPS) is 10.4. The first-order chi connectivity index (χ1) is 12.6. The summed E-state index contributed by atoms with van der Waals surface area (Å²) in [7, 11) is 1.60. The zero-order valence-corrected chi connectivity index (χ0v) is 15.5. The molecule has 0 aliphatic rings. The third kappa shape index (κ3) is 4.83. The molecule has 5 nitrogen and oxygen atoms in total. The van der Waals surface area contributed by atoms with E-state index < -0.39 is 0 Å². The maximum Gasteiger partial charge on any atom is 0.258 e. The van der Waals surface area contributed by atoms with Crippen molar-refractivity contribution in [3.8, 4) is 22.8 Å². The van der Waals surface area contributed by atoms with Crippen LogP contribution in [0.5, 0.6) is 11.5 Å². The lowest BCUT2D eigenvalue weighted by atomic mass is 10.1. The second-order valence-corrected chi connectivity index (χ2v) is 6.75. The van der Waals surface area contributed by atoms with Crippen LogP contribution in [0.15, 0.2) is 53.9 Å². The maximum atomic E-state index is 11.9. The number of rotatable bonds is 7. The smallest absolute Gasteiger partial charge is 0.258 e. The predicted octanol–water partition coefficient (Wildman–Crippen LogP) is 3.82. The molecule has 2 aromatic carbocycles. The molecule has 1 N–H and O–H groups in total. The van der Waals surface area contributed by atoms with Crippen molar-refractivity contribution in [2.45, 2.75) is 13.5 Å². The second kappa shape index (κ2) is 8.49. The Morgan fingerprint density at radius 2 is 1.77 bits per heavy atom. The third-order valence-corrected chi connectivity index (χ3v) is 4.56. The van der Waals surface area contributed by atoms with E-state index in [0.29, 0.717) is 12.3 Å². The number of thiazole rings is 1. The summed E-state index contributed by atoms with van der Waals surface area (Å²) in [6, 6.07) is 15.1. The minimum absolute atomic E-state index is 0.0253. The van der Waals surface area contributed by atoms with Crippen molar-refractivity contribution in [2.24, 2.45) is 0 Å². The molecule has 0 saturated heterocycles. The van der Waals surface area contributed by atoms with Crippen molar-refractivity contribution in [1.29, 1.82) is 0 Å². The second-order valence-electron chi connectivity index (χ2n) is 5.69. The number of methoxy groups -OCH3 is 1. The Labute approximate surface area is 156 Å². The van der Waals surface area contributed by atoms with Gasteiger partial charge < -0.3 is 14.8 Å². The molecule has 0 bridgehead atoms. The highest BCUT2D eigenvalue weighted by Gasteiger charge is 2.05. The summed E-state index contributed by atoms with van der Waals surface area (Å²) in [6.45, 7) is 2.43. The minimum atomic E-state index is -0.167. The molecule has 0 aliphatic carbocycles. The van der Waals surface area contributed by atoms with Crippen LogP contribution in [0, 0.1) is 6.92 Å². The molecule has 3 aromatic rings. The van der Waals surface area contributed by atoms with Crippen LogP contribution < -0.4 is 14.8 Å². The van der Waals surface area contributed by atoms with Crippen LogP contribution in [0.4, 0.5) is 0 Å². The Morgan fingerprint density at radius 3 is 2.38 bits per heavy atom. The van der Waals surface area contributed by atoms with Crippen LogP contribution in [-0.2, 0) is 11.3 Å². The predicted molar refractivity (Wildman–Crippen MR) is 103 cm³/mol. The van der Waals surface area contributed by atoms with E-state index >= 15 is 0 Å². The van der Waals surface area contributed by atoms with Gasteiger partial charge in [0, 0.05) is 17.5 Å². The SMILES string of the molecule is COc1ccc(OCC(=O)NCc2ccc(-c3csc(C)n3)cc2)cc1. The first kappa shape index (κ1) is 17.9. The van der Waals surface area contributed by atoms with Gasteiger partial charge in [0.05, 0.1) is 17.8 Å². The summed E-state index contributed by atoms with van der Waals surface area (Å²) < 4.78 is 10.5. The van der Waals surface area contributed by atoms with Gasteiger partial charge in [0.15, 0.2) is 6.61 Å². The third-order valence-electron chi connectivity index (χ3n) is 3.79. The molecule has 0 atom stereocenters. The van der Waals surface area contributed by atoms with Gasteiger partial charge in [0.1, 0.15) is 11.5 Å². The molecule has 0 aliphatic heterocycles. The highest BCUT2D eigenvalue weighted by atomic mass is 32.1. The first-order valence-electron chi connectivity index (χ1n) is 8.19. The van der Waals surface area contributed by atoms with Crippen molar-refractivity contribution in [3.63, 3.8) is 0 Å². The fraction of sp³-hybridized carbons (Fsp3) is 0.200. The molecule has 134 valence electrons. The van der Waals surface area contributed by atoms with Crippen LogP contribution in [0.25, 0.3) is 11.3 Å². The quantitative estimate of drug-likeness (QED) is 0.689. The Morgan fingerprint density at radius 1 is 1.08 bits per heavy atom. The van der Waals surface area contributed by atoms with Crippen LogP contribution in [0.1, 0.15) is 10.6 Å². The van der Waals surface area contributed by atoms with E-state index in [0.717, 1.165) is 27.6 Å². The molecule has 1 aromatic heterocycles. The van der Waals surface area contributed by atoms with Crippen LogP contribution in [-0.4, -0.2) is 24.6 Å². The molecule has 1 heterocycles. The van der Waals surface area contributed by atoms with Gasteiger partial charge in [-0.05, 0) is 36.8 Å². The first-order valence-corrected chi connectivity index (χ1v) is 9.07. The van der Waals surface area contributed by atoms with E-state index in [4.69, 9.17) is 9.47 Å². The number of hydrogen-bond donors (Lipinski definition) is 1. The number of carbonyl (C=O) groups is 1. The fourth-order valence-corrected chi connectivity index (χ4v) is 2.98. The highest BCUT2D eigenvalue weighted by Crippen LogP contribution is 2.21. The van der Waals surface area contributed by atoms with Gasteiger partial charge in [-0.1, -0.05) is 24.3 Å². The standard InChI is InChI=1S/C20H20N2O3S/c1-14-22-19(13-26-14)16-5-3-15(4-6-16)11-21-20(23)12-25-18-9-7-17(24-2)8-10-18/h3-10,13H,11-12H2,1-2H3,(H,21,23). The van der Waals surface area contributed by atoms with E-state index in [2.05, 4.69) is 10.3 Å². The summed E-state index contributed by atoms with van der Waals surface area (Å²) in [4.78, 5) is 16.4. The minimum Gasteiger partial charge on any atom is -0.497 e. The number of aromatic nitrogens is 1. The number of aryl methyl sites for hydroxylation is 1. The Bertz CT molecular complexity index is 858. The van der Waals surface area contributed by atoms with Crippen LogP contribution in [0.2, 0.25) is 0 Å². The molecule has 0 unspecified atom stereocenters. The van der Waals surface area contributed by atoms with Crippen LogP contribution in [0.3, 0.4) is 0 Å². The number of amides is 1. The Kier molecular flexibility index (Phi) is 5.86. The van der Waals surface area contributed by atoms with E-state index in [9.17, 15) is 4.79 Å². The monoisotopic (exact) mass is 368 g/mol.